The minimum Gasteiger partial charge on any atom is -0.381 e. The maximum Gasteiger partial charge on any atom is 0.0586 e. The summed E-state index contributed by atoms with van der Waals surface area (Å²) >= 11 is 0. The van der Waals surface area contributed by atoms with Gasteiger partial charge in [-0.15, -0.1) is 0 Å². The second kappa shape index (κ2) is 3.97. The molecule has 2 nitrogen and oxygen atoms in total. The molecule has 1 saturated heterocycles. The summed E-state index contributed by atoms with van der Waals surface area (Å²) in [4.78, 5) is 2.65. The lowest BCUT2D eigenvalue weighted by Gasteiger charge is -2.43. The van der Waals surface area contributed by atoms with Crippen molar-refractivity contribution in [2.45, 2.75) is 44.8 Å². The van der Waals surface area contributed by atoms with E-state index in [1.807, 2.05) is 7.11 Å². The van der Waals surface area contributed by atoms with Gasteiger partial charge in [0.15, 0.2) is 0 Å². The van der Waals surface area contributed by atoms with E-state index in [1.165, 1.54) is 38.8 Å². The van der Waals surface area contributed by atoms with Crippen molar-refractivity contribution < 1.29 is 4.74 Å². The van der Waals surface area contributed by atoms with Crippen LogP contribution in [0.15, 0.2) is 0 Å². The summed E-state index contributed by atoms with van der Waals surface area (Å²) in [7, 11) is 1.85. The standard InChI is InChI=1S/C11H21NO/c1-3-9-7-12(8-9)10-4-5-11(6-10)13-2/h9-11H,3-8H2,1-2H3. The molecular formula is C11H21NO. The van der Waals surface area contributed by atoms with Gasteiger partial charge in [0.25, 0.3) is 0 Å². The third-order valence-electron chi connectivity index (χ3n) is 3.77. The molecule has 0 amide bonds. The van der Waals surface area contributed by atoms with Gasteiger partial charge in [0.1, 0.15) is 0 Å². The third-order valence-corrected chi connectivity index (χ3v) is 3.77. The molecule has 1 saturated carbocycles. The van der Waals surface area contributed by atoms with E-state index in [9.17, 15) is 0 Å². The second-order valence-corrected chi connectivity index (χ2v) is 4.55. The van der Waals surface area contributed by atoms with Gasteiger partial charge < -0.3 is 4.74 Å². The minimum absolute atomic E-state index is 0.547. The van der Waals surface area contributed by atoms with Crippen LogP contribution in [0, 0.1) is 5.92 Å². The number of rotatable bonds is 3. The monoisotopic (exact) mass is 183 g/mol. The molecule has 0 aromatic heterocycles. The molecule has 0 aromatic carbocycles. The van der Waals surface area contributed by atoms with Crippen LogP contribution in [0.4, 0.5) is 0 Å². The summed E-state index contributed by atoms with van der Waals surface area (Å²) in [6.07, 6.45) is 5.80. The number of ether oxygens (including phenoxy) is 1. The van der Waals surface area contributed by atoms with Crippen LogP contribution in [-0.2, 0) is 4.74 Å². The topological polar surface area (TPSA) is 12.5 Å². The Kier molecular flexibility index (Phi) is 2.89. The van der Waals surface area contributed by atoms with E-state index in [0.29, 0.717) is 6.10 Å². The average Bonchev–Trinajstić information content (AvgIpc) is 2.51. The Morgan fingerprint density at radius 3 is 2.62 bits per heavy atom. The van der Waals surface area contributed by atoms with Crippen molar-refractivity contribution >= 4 is 0 Å². The van der Waals surface area contributed by atoms with Crippen LogP contribution in [0.5, 0.6) is 0 Å². The molecule has 2 heteroatoms. The highest BCUT2D eigenvalue weighted by Gasteiger charge is 2.35. The van der Waals surface area contributed by atoms with Crippen LogP contribution in [0.25, 0.3) is 0 Å². The molecule has 0 spiro atoms. The number of nitrogens with zero attached hydrogens (tertiary/aromatic N) is 1. The molecule has 1 aliphatic carbocycles. The Bertz CT molecular complexity index is 165. The first-order valence-electron chi connectivity index (χ1n) is 5.60. The first-order valence-corrected chi connectivity index (χ1v) is 5.60. The summed E-state index contributed by atoms with van der Waals surface area (Å²) in [5, 5.41) is 0. The Labute approximate surface area is 81.3 Å². The van der Waals surface area contributed by atoms with Gasteiger partial charge in [-0.3, -0.25) is 4.90 Å². The van der Waals surface area contributed by atoms with Crippen molar-refractivity contribution in [1.29, 1.82) is 0 Å². The SMILES string of the molecule is CCC1CN(C2CCC(OC)C2)C1. The van der Waals surface area contributed by atoms with E-state index in [1.54, 1.807) is 0 Å². The van der Waals surface area contributed by atoms with Crippen LogP contribution in [0.1, 0.15) is 32.6 Å². The lowest BCUT2D eigenvalue weighted by Crippen LogP contribution is -2.51. The highest BCUT2D eigenvalue weighted by Crippen LogP contribution is 2.31. The Balaban J connectivity index is 1.72. The first-order chi connectivity index (χ1) is 6.33. The molecule has 0 N–H and O–H groups in total. The van der Waals surface area contributed by atoms with Crippen LogP contribution < -0.4 is 0 Å². The van der Waals surface area contributed by atoms with E-state index in [4.69, 9.17) is 4.74 Å². The molecule has 2 unspecified atom stereocenters. The van der Waals surface area contributed by atoms with Crippen LogP contribution in [-0.4, -0.2) is 37.2 Å². The fraction of sp³-hybridized carbons (Fsp3) is 1.00. The summed E-state index contributed by atoms with van der Waals surface area (Å²) in [6, 6.07) is 0.841. The summed E-state index contributed by atoms with van der Waals surface area (Å²) in [5.41, 5.74) is 0. The largest absolute Gasteiger partial charge is 0.381 e. The Hall–Kier alpha value is -0.0800. The molecule has 0 bridgehead atoms. The molecule has 2 atom stereocenters. The molecule has 76 valence electrons. The van der Waals surface area contributed by atoms with Crippen LogP contribution in [0.3, 0.4) is 0 Å². The zero-order valence-electron chi connectivity index (χ0n) is 8.83. The lowest BCUT2D eigenvalue weighted by molar-refractivity contribution is 0.0400. The van der Waals surface area contributed by atoms with Crippen molar-refractivity contribution in [3.63, 3.8) is 0 Å². The summed E-state index contributed by atoms with van der Waals surface area (Å²) in [5.74, 6) is 0.988. The third kappa shape index (κ3) is 1.89. The van der Waals surface area contributed by atoms with Gasteiger partial charge in [0.2, 0.25) is 0 Å². The highest BCUT2D eigenvalue weighted by molar-refractivity contribution is 4.90. The maximum atomic E-state index is 5.39. The quantitative estimate of drug-likeness (QED) is 0.662. The van der Waals surface area contributed by atoms with Gasteiger partial charge in [-0.1, -0.05) is 13.3 Å². The van der Waals surface area contributed by atoms with E-state index in [-0.39, 0.29) is 0 Å². The van der Waals surface area contributed by atoms with E-state index >= 15 is 0 Å². The molecule has 0 radical (unpaired) electrons. The normalized spacial score (nSPS) is 36.5. The summed E-state index contributed by atoms with van der Waals surface area (Å²) < 4.78 is 5.39. The van der Waals surface area contributed by atoms with Gasteiger partial charge >= 0.3 is 0 Å². The number of hydrogen-bond acceptors (Lipinski definition) is 2. The minimum atomic E-state index is 0.547. The van der Waals surface area contributed by atoms with Crippen molar-refractivity contribution in [2.75, 3.05) is 20.2 Å². The first kappa shape index (κ1) is 9.47. The average molecular weight is 183 g/mol. The second-order valence-electron chi connectivity index (χ2n) is 4.55. The molecule has 2 rings (SSSR count). The molecular weight excluding hydrogens is 162 g/mol. The predicted molar refractivity (Wildman–Crippen MR) is 53.8 cm³/mol. The van der Waals surface area contributed by atoms with Gasteiger partial charge in [0.05, 0.1) is 6.10 Å². The van der Waals surface area contributed by atoms with E-state index < -0.39 is 0 Å². The number of methoxy groups -OCH3 is 1. The smallest absolute Gasteiger partial charge is 0.0586 e. The molecule has 1 aliphatic heterocycles. The number of hydrogen-bond donors (Lipinski definition) is 0. The fourth-order valence-corrected chi connectivity index (χ4v) is 2.63. The van der Waals surface area contributed by atoms with E-state index in [2.05, 4.69) is 11.8 Å². The van der Waals surface area contributed by atoms with Gasteiger partial charge in [-0.2, -0.15) is 0 Å². The van der Waals surface area contributed by atoms with Crippen molar-refractivity contribution in [3.05, 3.63) is 0 Å². The Morgan fingerprint density at radius 1 is 1.31 bits per heavy atom. The zero-order chi connectivity index (χ0) is 9.26. The Morgan fingerprint density at radius 2 is 2.08 bits per heavy atom. The molecule has 0 aromatic rings. The molecule has 2 aliphatic rings. The predicted octanol–water partition coefficient (Wildman–Crippen LogP) is 1.90. The van der Waals surface area contributed by atoms with Gasteiger partial charge in [-0.05, 0) is 25.2 Å². The summed E-state index contributed by atoms with van der Waals surface area (Å²) in [6.45, 7) is 4.99. The fourth-order valence-electron chi connectivity index (χ4n) is 2.63. The van der Waals surface area contributed by atoms with Crippen molar-refractivity contribution in [1.82, 2.24) is 4.90 Å². The van der Waals surface area contributed by atoms with Crippen molar-refractivity contribution in [3.8, 4) is 0 Å². The van der Waals surface area contributed by atoms with Gasteiger partial charge in [-0.25, -0.2) is 0 Å². The molecule has 13 heavy (non-hydrogen) atoms. The van der Waals surface area contributed by atoms with Gasteiger partial charge in [0, 0.05) is 26.2 Å². The van der Waals surface area contributed by atoms with Crippen LogP contribution in [0.2, 0.25) is 0 Å². The molecule has 1 heterocycles. The molecule has 2 fully saturated rings. The zero-order valence-corrected chi connectivity index (χ0v) is 8.83. The van der Waals surface area contributed by atoms with Crippen molar-refractivity contribution in [2.24, 2.45) is 5.92 Å². The number of likely N-dealkylation sites (tertiary alicyclic amines) is 1. The van der Waals surface area contributed by atoms with E-state index in [0.717, 1.165) is 12.0 Å². The van der Waals surface area contributed by atoms with Crippen LogP contribution >= 0.6 is 0 Å². The highest BCUT2D eigenvalue weighted by atomic mass is 16.5. The lowest BCUT2D eigenvalue weighted by atomic mass is 9.94. The maximum absolute atomic E-state index is 5.39.